The van der Waals surface area contributed by atoms with E-state index in [4.69, 9.17) is 14.5 Å². The molecule has 1 aliphatic rings. The Bertz CT molecular complexity index is 523. The number of hydrogen-bond donors (Lipinski definition) is 2. The van der Waals surface area contributed by atoms with Crippen molar-refractivity contribution in [2.24, 2.45) is 0 Å². The number of phosphoric ester groups is 1. The van der Waals surface area contributed by atoms with Crippen molar-refractivity contribution < 1.29 is 28.4 Å². The third kappa shape index (κ3) is 3.64. The number of benzene rings is 1. The first kappa shape index (κ1) is 14.2. The zero-order valence-corrected chi connectivity index (χ0v) is 11.2. The minimum absolute atomic E-state index is 0.357. The van der Waals surface area contributed by atoms with E-state index in [0.717, 1.165) is 5.56 Å². The van der Waals surface area contributed by atoms with E-state index >= 15 is 0 Å². The molecule has 2 unspecified atom stereocenters. The van der Waals surface area contributed by atoms with Gasteiger partial charge in [-0.2, -0.15) is 0 Å². The Morgan fingerprint density at radius 2 is 2.11 bits per heavy atom. The van der Waals surface area contributed by atoms with Gasteiger partial charge in [0, 0.05) is 5.56 Å². The van der Waals surface area contributed by atoms with E-state index in [9.17, 15) is 9.36 Å². The van der Waals surface area contributed by atoms with E-state index in [2.05, 4.69) is 4.52 Å². The molecule has 0 fully saturated rings. The Morgan fingerprint density at radius 1 is 1.42 bits per heavy atom. The number of carbonyl (C=O) groups excluding carboxylic acids is 1. The number of carbonyl (C=O) groups is 1. The molecular formula is C12H15O6P. The molecule has 0 saturated carbocycles. The van der Waals surface area contributed by atoms with Gasteiger partial charge < -0.3 is 14.5 Å². The molecule has 2 atom stereocenters. The summed E-state index contributed by atoms with van der Waals surface area (Å²) < 4.78 is 20.4. The van der Waals surface area contributed by atoms with Crippen LogP contribution in [0.15, 0.2) is 24.3 Å². The van der Waals surface area contributed by atoms with Gasteiger partial charge in [0.05, 0.1) is 11.7 Å². The number of phosphoric acid groups is 1. The van der Waals surface area contributed by atoms with Crippen LogP contribution >= 0.6 is 7.82 Å². The zero-order chi connectivity index (χ0) is 14.0. The van der Waals surface area contributed by atoms with Gasteiger partial charge in [-0.15, -0.1) is 0 Å². The molecule has 7 heteroatoms. The summed E-state index contributed by atoms with van der Waals surface area (Å²) in [5, 5.41) is 0. The maximum atomic E-state index is 11.6. The fourth-order valence-corrected chi connectivity index (χ4v) is 2.68. The molecule has 1 aromatic rings. The van der Waals surface area contributed by atoms with Crippen LogP contribution in [0.1, 0.15) is 41.8 Å². The van der Waals surface area contributed by atoms with E-state index in [1.165, 1.54) is 0 Å². The second-order valence-corrected chi connectivity index (χ2v) is 5.66. The first-order chi connectivity index (χ1) is 8.87. The lowest BCUT2D eigenvalue weighted by molar-refractivity contribution is 0.0329. The third-order valence-electron chi connectivity index (χ3n) is 2.93. The monoisotopic (exact) mass is 286 g/mol. The van der Waals surface area contributed by atoms with Crippen molar-refractivity contribution >= 4 is 13.8 Å². The van der Waals surface area contributed by atoms with E-state index in [0.29, 0.717) is 18.4 Å². The molecule has 2 N–H and O–H groups in total. The Hall–Kier alpha value is -1.20. The summed E-state index contributed by atoms with van der Waals surface area (Å²) in [6.07, 6.45) is -0.125. The van der Waals surface area contributed by atoms with Gasteiger partial charge in [-0.05, 0) is 25.8 Å². The lowest BCUT2D eigenvalue weighted by Gasteiger charge is -2.16. The van der Waals surface area contributed by atoms with E-state index < -0.39 is 13.9 Å². The van der Waals surface area contributed by atoms with Gasteiger partial charge in [-0.1, -0.05) is 18.2 Å². The molecule has 104 valence electrons. The molecule has 0 radical (unpaired) electrons. The number of esters is 1. The van der Waals surface area contributed by atoms with Crippen LogP contribution in [0.4, 0.5) is 0 Å². The summed E-state index contributed by atoms with van der Waals surface area (Å²) in [5.41, 5.74) is 1.37. The Kier molecular flexibility index (Phi) is 4.06. The van der Waals surface area contributed by atoms with Gasteiger partial charge >= 0.3 is 13.8 Å². The molecule has 0 aliphatic carbocycles. The number of hydrogen-bond acceptors (Lipinski definition) is 4. The smallest absolute Gasteiger partial charge is 0.454 e. The second kappa shape index (κ2) is 5.43. The average Bonchev–Trinajstić information content (AvgIpc) is 2.62. The van der Waals surface area contributed by atoms with Crippen molar-refractivity contribution in [1.82, 2.24) is 0 Å². The van der Waals surface area contributed by atoms with E-state index in [1.54, 1.807) is 19.1 Å². The van der Waals surface area contributed by atoms with Crippen LogP contribution in [-0.2, 0) is 13.8 Å². The number of rotatable bonds is 5. The van der Waals surface area contributed by atoms with Gasteiger partial charge in [0.15, 0.2) is 0 Å². The Labute approximate surface area is 110 Å². The van der Waals surface area contributed by atoms with Gasteiger partial charge in [-0.25, -0.2) is 9.36 Å². The summed E-state index contributed by atoms with van der Waals surface area (Å²) in [7, 11) is -4.47. The highest BCUT2D eigenvalue weighted by molar-refractivity contribution is 7.46. The molecule has 6 nitrogen and oxygen atoms in total. The van der Waals surface area contributed by atoms with E-state index in [-0.39, 0.29) is 12.1 Å². The fourth-order valence-electron chi connectivity index (χ4n) is 2.11. The maximum absolute atomic E-state index is 11.6. The molecule has 0 spiro atoms. The molecule has 0 bridgehead atoms. The zero-order valence-electron chi connectivity index (χ0n) is 10.4. The van der Waals surface area contributed by atoms with Crippen molar-refractivity contribution in [1.29, 1.82) is 0 Å². The summed E-state index contributed by atoms with van der Waals surface area (Å²) in [4.78, 5) is 28.9. The summed E-state index contributed by atoms with van der Waals surface area (Å²) in [6, 6.07) is 7.11. The summed E-state index contributed by atoms with van der Waals surface area (Å²) in [6.45, 7) is 1.57. The highest BCUT2D eigenvalue weighted by Gasteiger charge is 2.31. The largest absolute Gasteiger partial charge is 0.469 e. The van der Waals surface area contributed by atoms with Gasteiger partial charge in [0.25, 0.3) is 0 Å². The van der Waals surface area contributed by atoms with Crippen LogP contribution in [0.2, 0.25) is 0 Å². The van der Waals surface area contributed by atoms with Gasteiger partial charge in [0.2, 0.25) is 0 Å². The first-order valence-corrected chi connectivity index (χ1v) is 7.43. The van der Waals surface area contributed by atoms with Crippen molar-refractivity contribution in [3.8, 4) is 0 Å². The standard InChI is InChI=1S/C12H15O6P/c1-8(18-19(14,15)16)6-7-11-9-4-2-3-5-10(9)12(13)17-11/h2-5,8,11H,6-7H2,1H3,(H2,14,15,16). The Morgan fingerprint density at radius 3 is 2.79 bits per heavy atom. The number of cyclic esters (lactones) is 1. The summed E-state index contributed by atoms with van der Waals surface area (Å²) >= 11 is 0. The molecule has 1 heterocycles. The van der Waals surface area contributed by atoms with E-state index in [1.807, 2.05) is 12.1 Å². The van der Waals surface area contributed by atoms with Crippen LogP contribution < -0.4 is 0 Å². The molecule has 1 aliphatic heterocycles. The summed E-state index contributed by atoms with van der Waals surface area (Å²) in [5.74, 6) is -0.357. The third-order valence-corrected chi connectivity index (χ3v) is 3.56. The van der Waals surface area contributed by atoms with Gasteiger partial charge in [0.1, 0.15) is 6.10 Å². The minimum Gasteiger partial charge on any atom is -0.454 e. The molecular weight excluding hydrogens is 271 g/mol. The SMILES string of the molecule is CC(CCC1OC(=O)c2ccccc21)OP(=O)(O)O. The highest BCUT2D eigenvalue weighted by atomic mass is 31.2. The number of fused-ring (bicyclic) bond motifs is 1. The van der Waals surface area contributed by atoms with Crippen LogP contribution in [0.3, 0.4) is 0 Å². The predicted molar refractivity (Wildman–Crippen MR) is 66.4 cm³/mol. The van der Waals surface area contributed by atoms with Crippen LogP contribution in [0.5, 0.6) is 0 Å². The highest BCUT2D eigenvalue weighted by Crippen LogP contribution is 2.40. The first-order valence-electron chi connectivity index (χ1n) is 5.90. The minimum atomic E-state index is -4.47. The Balaban J connectivity index is 1.95. The van der Waals surface area contributed by atoms with Crippen molar-refractivity contribution in [2.45, 2.75) is 32.0 Å². The topological polar surface area (TPSA) is 93.1 Å². The molecule has 0 saturated heterocycles. The molecule has 0 aromatic heterocycles. The fraction of sp³-hybridized carbons (Fsp3) is 0.417. The van der Waals surface area contributed by atoms with Crippen molar-refractivity contribution in [3.05, 3.63) is 35.4 Å². The van der Waals surface area contributed by atoms with Crippen molar-refractivity contribution in [3.63, 3.8) is 0 Å². The normalized spacial score (nSPS) is 19.9. The molecule has 2 rings (SSSR count). The molecule has 1 aromatic carbocycles. The lowest BCUT2D eigenvalue weighted by atomic mass is 10.0. The maximum Gasteiger partial charge on any atom is 0.469 e. The molecule has 19 heavy (non-hydrogen) atoms. The van der Waals surface area contributed by atoms with Gasteiger partial charge in [-0.3, -0.25) is 4.52 Å². The van der Waals surface area contributed by atoms with Crippen molar-refractivity contribution in [2.75, 3.05) is 0 Å². The van der Waals surface area contributed by atoms with Crippen LogP contribution in [-0.4, -0.2) is 21.9 Å². The van der Waals surface area contributed by atoms with Crippen LogP contribution in [0.25, 0.3) is 0 Å². The quantitative estimate of drug-likeness (QED) is 0.636. The predicted octanol–water partition coefficient (Wildman–Crippen LogP) is 2.18. The lowest BCUT2D eigenvalue weighted by Crippen LogP contribution is -2.09. The average molecular weight is 286 g/mol. The molecule has 0 amide bonds. The second-order valence-electron chi connectivity index (χ2n) is 4.47. The number of ether oxygens (including phenoxy) is 1. The van der Waals surface area contributed by atoms with Crippen LogP contribution in [0, 0.1) is 0 Å².